The second kappa shape index (κ2) is 11.4. The SMILES string of the molecule is CCCC[C@@](C=O)(CCC(=O)c1ccc(OC)cc1)C(=O)SC1CCCCC1. The van der Waals surface area contributed by atoms with E-state index < -0.39 is 5.41 Å². The quantitative estimate of drug-likeness (QED) is 0.272. The molecule has 1 saturated carbocycles. The molecular formula is C23H32O4S. The van der Waals surface area contributed by atoms with Crippen LogP contribution in [0.3, 0.4) is 0 Å². The van der Waals surface area contributed by atoms with Crippen LogP contribution in [0, 0.1) is 5.41 Å². The van der Waals surface area contributed by atoms with Gasteiger partial charge in [0.25, 0.3) is 0 Å². The van der Waals surface area contributed by atoms with Gasteiger partial charge in [0.05, 0.1) is 12.5 Å². The van der Waals surface area contributed by atoms with Gasteiger partial charge in [-0.15, -0.1) is 0 Å². The van der Waals surface area contributed by atoms with Crippen LogP contribution in [0.15, 0.2) is 24.3 Å². The van der Waals surface area contributed by atoms with Gasteiger partial charge >= 0.3 is 0 Å². The summed E-state index contributed by atoms with van der Waals surface area (Å²) in [6, 6.07) is 6.96. The summed E-state index contributed by atoms with van der Waals surface area (Å²) in [4.78, 5) is 37.8. The highest BCUT2D eigenvalue weighted by molar-refractivity contribution is 8.14. The fourth-order valence-corrected chi connectivity index (χ4v) is 5.06. The van der Waals surface area contributed by atoms with Crippen molar-refractivity contribution in [1.29, 1.82) is 0 Å². The molecule has 0 saturated heterocycles. The molecular weight excluding hydrogens is 372 g/mol. The lowest BCUT2D eigenvalue weighted by Crippen LogP contribution is -2.33. The summed E-state index contributed by atoms with van der Waals surface area (Å²) in [5.74, 6) is 0.654. The van der Waals surface area contributed by atoms with E-state index in [1.165, 1.54) is 18.2 Å². The number of ketones is 1. The molecule has 2 rings (SSSR count). The molecule has 0 amide bonds. The van der Waals surface area contributed by atoms with Crippen molar-refractivity contribution in [3.8, 4) is 5.75 Å². The smallest absolute Gasteiger partial charge is 0.202 e. The average molecular weight is 405 g/mol. The first-order chi connectivity index (χ1) is 13.5. The normalized spacial score (nSPS) is 16.9. The average Bonchev–Trinajstić information content (AvgIpc) is 2.74. The zero-order valence-electron chi connectivity index (χ0n) is 17.1. The third kappa shape index (κ3) is 6.20. The first kappa shape index (κ1) is 22.7. The molecule has 4 nitrogen and oxygen atoms in total. The summed E-state index contributed by atoms with van der Waals surface area (Å²) in [7, 11) is 1.58. The van der Waals surface area contributed by atoms with Crippen LogP contribution in [0.2, 0.25) is 0 Å². The van der Waals surface area contributed by atoms with Gasteiger partial charge in [-0.05, 0) is 49.9 Å². The molecule has 1 aromatic carbocycles. The van der Waals surface area contributed by atoms with Crippen LogP contribution in [0.5, 0.6) is 5.75 Å². The summed E-state index contributed by atoms with van der Waals surface area (Å²) in [6.45, 7) is 2.05. The van der Waals surface area contributed by atoms with E-state index in [4.69, 9.17) is 4.74 Å². The highest BCUT2D eigenvalue weighted by Gasteiger charge is 2.39. The third-order valence-electron chi connectivity index (χ3n) is 5.64. The monoisotopic (exact) mass is 404 g/mol. The van der Waals surface area contributed by atoms with Gasteiger partial charge in [0.1, 0.15) is 12.0 Å². The Morgan fingerprint density at radius 1 is 1.14 bits per heavy atom. The van der Waals surface area contributed by atoms with Crippen LogP contribution >= 0.6 is 11.8 Å². The number of carbonyl (C=O) groups is 3. The fourth-order valence-electron chi connectivity index (χ4n) is 3.70. The van der Waals surface area contributed by atoms with E-state index in [1.54, 1.807) is 31.4 Å². The lowest BCUT2D eigenvalue weighted by molar-refractivity contribution is -0.129. The van der Waals surface area contributed by atoms with Crippen molar-refractivity contribution >= 4 is 28.9 Å². The minimum absolute atomic E-state index is 0.0367. The number of rotatable bonds is 11. The Bertz CT molecular complexity index is 649. The van der Waals surface area contributed by atoms with Gasteiger partial charge < -0.3 is 9.53 Å². The highest BCUT2D eigenvalue weighted by Crippen LogP contribution is 2.39. The second-order valence-corrected chi connectivity index (χ2v) is 8.97. The predicted molar refractivity (Wildman–Crippen MR) is 114 cm³/mol. The van der Waals surface area contributed by atoms with Crippen LogP contribution in [-0.4, -0.2) is 29.5 Å². The number of Topliss-reactive ketones (excluding diaryl/α,β-unsaturated/α-hetero) is 1. The van der Waals surface area contributed by atoms with Gasteiger partial charge in [0, 0.05) is 17.2 Å². The number of aldehydes is 1. The maximum atomic E-state index is 13.1. The second-order valence-electron chi connectivity index (χ2n) is 7.69. The molecule has 1 atom stereocenters. The van der Waals surface area contributed by atoms with Gasteiger partial charge in [-0.1, -0.05) is 50.8 Å². The van der Waals surface area contributed by atoms with E-state index in [2.05, 4.69) is 6.92 Å². The Labute approximate surface area is 172 Å². The highest BCUT2D eigenvalue weighted by atomic mass is 32.2. The van der Waals surface area contributed by atoms with Crippen molar-refractivity contribution in [2.75, 3.05) is 7.11 Å². The van der Waals surface area contributed by atoms with Crippen LogP contribution in [0.4, 0.5) is 0 Å². The van der Waals surface area contributed by atoms with Crippen LogP contribution in [0.1, 0.15) is 81.5 Å². The van der Waals surface area contributed by atoms with Crippen LogP contribution < -0.4 is 4.74 Å². The lowest BCUT2D eigenvalue weighted by atomic mass is 9.80. The van der Waals surface area contributed by atoms with Gasteiger partial charge in [-0.3, -0.25) is 9.59 Å². The maximum Gasteiger partial charge on any atom is 0.202 e. The van der Waals surface area contributed by atoms with Gasteiger partial charge in [-0.25, -0.2) is 0 Å². The van der Waals surface area contributed by atoms with Crippen molar-refractivity contribution < 1.29 is 19.1 Å². The number of benzene rings is 1. The summed E-state index contributed by atoms with van der Waals surface area (Å²) >= 11 is 1.36. The van der Waals surface area contributed by atoms with Crippen molar-refractivity contribution in [2.24, 2.45) is 5.41 Å². The van der Waals surface area contributed by atoms with Crippen molar-refractivity contribution in [3.05, 3.63) is 29.8 Å². The van der Waals surface area contributed by atoms with Crippen LogP contribution in [0.25, 0.3) is 0 Å². The number of ether oxygens (including phenoxy) is 1. The Morgan fingerprint density at radius 3 is 2.39 bits per heavy atom. The first-order valence-corrected chi connectivity index (χ1v) is 11.3. The standard InChI is InChI=1S/C23H32O4S/c1-3-4-15-23(17-24,22(26)28-20-8-6-5-7-9-20)16-14-21(25)18-10-12-19(27-2)13-11-18/h10-13,17,20H,3-9,14-16H2,1-2H3/t23-/m0/s1. The van der Waals surface area contributed by atoms with Gasteiger partial charge in [0.2, 0.25) is 5.12 Å². The molecule has 0 bridgehead atoms. The molecule has 0 N–H and O–H groups in total. The molecule has 0 aliphatic heterocycles. The zero-order chi connectivity index (χ0) is 20.4. The number of hydrogen-bond donors (Lipinski definition) is 0. The van der Waals surface area contributed by atoms with E-state index >= 15 is 0 Å². The molecule has 1 aromatic rings. The molecule has 0 aromatic heterocycles. The number of hydrogen-bond acceptors (Lipinski definition) is 5. The molecule has 0 spiro atoms. The summed E-state index contributed by atoms with van der Waals surface area (Å²) in [6.07, 6.45) is 9.21. The van der Waals surface area contributed by atoms with Crippen molar-refractivity contribution in [2.45, 2.75) is 76.4 Å². The molecule has 0 radical (unpaired) electrons. The molecule has 1 aliphatic carbocycles. The molecule has 28 heavy (non-hydrogen) atoms. The minimum atomic E-state index is -1.04. The molecule has 1 aliphatic rings. The Hall–Kier alpha value is -1.62. The number of thioether (sulfide) groups is 1. The van der Waals surface area contributed by atoms with E-state index in [-0.39, 0.29) is 17.3 Å². The van der Waals surface area contributed by atoms with Crippen molar-refractivity contribution in [1.82, 2.24) is 0 Å². The zero-order valence-corrected chi connectivity index (χ0v) is 17.9. The topological polar surface area (TPSA) is 60.4 Å². The Morgan fingerprint density at radius 2 is 1.82 bits per heavy atom. The molecule has 154 valence electrons. The molecule has 0 heterocycles. The summed E-state index contributed by atoms with van der Waals surface area (Å²) < 4.78 is 5.12. The van der Waals surface area contributed by atoms with E-state index in [0.29, 0.717) is 29.4 Å². The van der Waals surface area contributed by atoms with E-state index in [9.17, 15) is 14.4 Å². The predicted octanol–water partition coefficient (Wildman–Crippen LogP) is 5.63. The largest absolute Gasteiger partial charge is 0.497 e. The fraction of sp³-hybridized carbons (Fsp3) is 0.609. The minimum Gasteiger partial charge on any atom is -0.497 e. The van der Waals surface area contributed by atoms with E-state index in [1.807, 2.05) is 0 Å². The maximum absolute atomic E-state index is 13.1. The van der Waals surface area contributed by atoms with E-state index in [0.717, 1.165) is 44.8 Å². The third-order valence-corrected chi connectivity index (χ3v) is 7.07. The van der Waals surface area contributed by atoms with Crippen LogP contribution in [-0.2, 0) is 9.59 Å². The Balaban J connectivity index is 2.06. The Kier molecular flexibility index (Phi) is 9.23. The number of carbonyl (C=O) groups excluding carboxylic acids is 3. The lowest BCUT2D eigenvalue weighted by Gasteiger charge is -2.29. The molecule has 1 fully saturated rings. The molecule has 0 unspecified atom stereocenters. The summed E-state index contributed by atoms with van der Waals surface area (Å²) in [5.41, 5.74) is -0.455. The summed E-state index contributed by atoms with van der Waals surface area (Å²) in [5, 5.41) is 0.282. The van der Waals surface area contributed by atoms with Gasteiger partial charge in [-0.2, -0.15) is 0 Å². The number of methoxy groups -OCH3 is 1. The molecule has 5 heteroatoms. The number of unbranched alkanes of at least 4 members (excludes halogenated alkanes) is 1. The van der Waals surface area contributed by atoms with Crippen molar-refractivity contribution in [3.63, 3.8) is 0 Å². The first-order valence-electron chi connectivity index (χ1n) is 10.4. The van der Waals surface area contributed by atoms with Gasteiger partial charge in [0.15, 0.2) is 5.78 Å².